The zero-order valence-corrected chi connectivity index (χ0v) is 18.8. The lowest BCUT2D eigenvalue weighted by molar-refractivity contribution is -0.0881. The number of nitrogens with zero attached hydrogens (tertiary/aromatic N) is 1. The van der Waals surface area contributed by atoms with Crippen molar-refractivity contribution in [1.29, 1.82) is 0 Å². The second kappa shape index (κ2) is 9.99. The number of amides is 1. The van der Waals surface area contributed by atoms with Crippen molar-refractivity contribution in [1.82, 2.24) is 4.90 Å². The molecule has 0 saturated heterocycles. The van der Waals surface area contributed by atoms with E-state index >= 15 is 0 Å². The van der Waals surface area contributed by atoms with Crippen LogP contribution in [0.2, 0.25) is 19.6 Å². The van der Waals surface area contributed by atoms with Crippen LogP contribution in [-0.2, 0) is 9.47 Å². The van der Waals surface area contributed by atoms with Crippen molar-refractivity contribution in [3.63, 3.8) is 0 Å². The van der Waals surface area contributed by atoms with Gasteiger partial charge in [-0.15, -0.1) is 5.54 Å². The molecule has 0 aromatic carbocycles. The highest BCUT2D eigenvalue weighted by atomic mass is 28.3. The molecule has 0 aliphatic heterocycles. The fraction of sp³-hybridized carbons (Fsp3) is 0.700. The molecule has 5 nitrogen and oxygen atoms in total. The highest BCUT2D eigenvalue weighted by molar-refractivity contribution is 6.83. The van der Waals surface area contributed by atoms with Crippen LogP contribution in [0.25, 0.3) is 0 Å². The van der Waals surface area contributed by atoms with Crippen LogP contribution >= 0.6 is 0 Å². The molecule has 0 rings (SSSR count). The first-order valence-electron chi connectivity index (χ1n) is 8.95. The molecule has 0 aliphatic rings. The Morgan fingerprint density at radius 3 is 2.08 bits per heavy atom. The monoisotopic (exact) mass is 381 g/mol. The summed E-state index contributed by atoms with van der Waals surface area (Å²) in [6.07, 6.45) is -1.74. The zero-order valence-electron chi connectivity index (χ0n) is 17.8. The van der Waals surface area contributed by atoms with Gasteiger partial charge in [0.05, 0.1) is 5.60 Å². The quantitative estimate of drug-likeness (QED) is 0.314. The number of aliphatic hydroxyl groups excluding tert-OH is 1. The van der Waals surface area contributed by atoms with Gasteiger partial charge in [-0.25, -0.2) is 4.79 Å². The Balaban J connectivity index is 5.11. The van der Waals surface area contributed by atoms with Crippen LogP contribution in [0, 0.1) is 11.5 Å². The summed E-state index contributed by atoms with van der Waals surface area (Å²) in [7, 11) is -1.47. The summed E-state index contributed by atoms with van der Waals surface area (Å²) in [6, 6.07) is -0.0707. The van der Waals surface area contributed by atoms with Gasteiger partial charge in [0, 0.05) is 12.1 Å². The van der Waals surface area contributed by atoms with E-state index in [2.05, 4.69) is 43.4 Å². The molecule has 0 spiro atoms. The molecule has 0 saturated carbocycles. The number of carbonyl (C=O) groups excluding carboxylic acids is 1. The van der Waals surface area contributed by atoms with Gasteiger partial charge in [-0.2, -0.15) is 0 Å². The van der Waals surface area contributed by atoms with Crippen LogP contribution in [0.15, 0.2) is 18.1 Å². The Morgan fingerprint density at radius 2 is 1.69 bits per heavy atom. The van der Waals surface area contributed by atoms with Crippen molar-refractivity contribution < 1.29 is 19.4 Å². The number of hydrogen-bond donors (Lipinski definition) is 1. The largest absolute Gasteiger partial charge is 0.416 e. The van der Waals surface area contributed by atoms with Crippen LogP contribution in [-0.4, -0.2) is 54.6 Å². The predicted molar refractivity (Wildman–Crippen MR) is 108 cm³/mol. The molecule has 0 bridgehead atoms. The molecule has 0 aromatic rings. The number of rotatable bonds is 7. The van der Waals surface area contributed by atoms with Gasteiger partial charge in [0.2, 0.25) is 0 Å². The van der Waals surface area contributed by atoms with E-state index < -0.39 is 25.9 Å². The fourth-order valence-corrected chi connectivity index (χ4v) is 2.87. The lowest BCUT2D eigenvalue weighted by Crippen LogP contribution is -2.45. The standard InChI is InChI=1S/C20H35NO4Si/c1-11-17(25-19(23)21(15(2)3)16(4)5)18(22)20(6,7)24-13-12-14-26(8,9)10/h15-16,18,22H,1,13H2,2-10H3. The van der Waals surface area contributed by atoms with Crippen molar-refractivity contribution in [2.24, 2.45) is 0 Å². The molecule has 1 unspecified atom stereocenters. The van der Waals surface area contributed by atoms with Gasteiger partial charge < -0.3 is 19.5 Å². The van der Waals surface area contributed by atoms with Crippen molar-refractivity contribution in [2.45, 2.75) is 85.0 Å². The maximum atomic E-state index is 12.4. The maximum Gasteiger partial charge on any atom is 0.416 e. The fourth-order valence-electron chi connectivity index (χ4n) is 2.27. The average Bonchev–Trinajstić information content (AvgIpc) is 2.46. The minimum absolute atomic E-state index is 0.0354. The molecule has 148 valence electrons. The Labute approximate surface area is 160 Å². The van der Waals surface area contributed by atoms with Crippen LogP contribution in [0.3, 0.4) is 0 Å². The molecule has 0 heterocycles. The second-order valence-electron chi connectivity index (χ2n) is 8.35. The zero-order chi connectivity index (χ0) is 20.7. The molecule has 0 aliphatic carbocycles. The van der Waals surface area contributed by atoms with E-state index in [4.69, 9.17) is 9.47 Å². The molecule has 6 heteroatoms. The van der Waals surface area contributed by atoms with Gasteiger partial charge in [-0.05, 0) is 41.5 Å². The molecule has 1 atom stereocenters. The Hall–Kier alpha value is -1.51. The Bertz CT molecular complexity index is 579. The predicted octanol–water partition coefficient (Wildman–Crippen LogP) is 3.95. The van der Waals surface area contributed by atoms with Crippen LogP contribution in [0.4, 0.5) is 4.79 Å². The SMILES string of the molecule is C=C=C(OC(=O)N(C(C)C)C(C)C)C(O)C(C)(C)OCC#C[Si](C)(C)C. The smallest absolute Gasteiger partial charge is 0.403 e. The van der Waals surface area contributed by atoms with Crippen molar-refractivity contribution in [2.75, 3.05) is 6.61 Å². The third kappa shape index (κ3) is 8.24. The van der Waals surface area contributed by atoms with Crippen LogP contribution < -0.4 is 0 Å². The summed E-state index contributed by atoms with van der Waals surface area (Å²) in [5.74, 6) is 2.95. The number of ether oxygens (including phenoxy) is 2. The first kappa shape index (κ1) is 24.5. The molecular weight excluding hydrogens is 346 g/mol. The summed E-state index contributed by atoms with van der Waals surface area (Å²) in [5.41, 5.74) is 4.72. The lowest BCUT2D eigenvalue weighted by Gasteiger charge is -2.33. The van der Waals surface area contributed by atoms with Crippen molar-refractivity contribution >= 4 is 14.2 Å². The summed E-state index contributed by atoms with van der Waals surface area (Å²) in [6.45, 7) is 21.2. The molecule has 1 N–H and O–H groups in total. The van der Waals surface area contributed by atoms with Gasteiger partial charge in [0.25, 0.3) is 0 Å². The minimum atomic E-state index is -1.47. The molecule has 0 radical (unpaired) electrons. The van der Waals surface area contributed by atoms with E-state index in [1.807, 2.05) is 27.7 Å². The molecule has 26 heavy (non-hydrogen) atoms. The lowest BCUT2D eigenvalue weighted by atomic mass is 10.00. The summed E-state index contributed by atoms with van der Waals surface area (Å²) < 4.78 is 11.1. The number of hydrogen-bond acceptors (Lipinski definition) is 4. The topological polar surface area (TPSA) is 59.0 Å². The van der Waals surface area contributed by atoms with Gasteiger partial charge in [-0.1, -0.05) is 37.9 Å². The van der Waals surface area contributed by atoms with E-state index in [0.29, 0.717) is 0 Å². The van der Waals surface area contributed by atoms with Gasteiger partial charge in [-0.3, -0.25) is 0 Å². The van der Waals surface area contributed by atoms with Crippen molar-refractivity contribution in [3.8, 4) is 11.5 Å². The third-order valence-electron chi connectivity index (χ3n) is 3.58. The highest BCUT2D eigenvalue weighted by Gasteiger charge is 2.35. The number of carbonyl (C=O) groups is 1. The van der Waals surface area contributed by atoms with Gasteiger partial charge in [0.1, 0.15) is 20.8 Å². The summed E-state index contributed by atoms with van der Waals surface area (Å²) >= 11 is 0. The number of aliphatic hydroxyl groups is 1. The van der Waals surface area contributed by atoms with E-state index in [0.717, 1.165) is 0 Å². The molecule has 1 amide bonds. The average molecular weight is 382 g/mol. The summed E-state index contributed by atoms with van der Waals surface area (Å²) in [4.78, 5) is 14.0. The van der Waals surface area contributed by atoms with Crippen LogP contribution in [0.5, 0.6) is 0 Å². The highest BCUT2D eigenvalue weighted by Crippen LogP contribution is 2.23. The van der Waals surface area contributed by atoms with E-state index in [1.165, 1.54) is 0 Å². The summed E-state index contributed by atoms with van der Waals surface area (Å²) in [5, 5.41) is 10.6. The van der Waals surface area contributed by atoms with E-state index in [-0.39, 0.29) is 24.4 Å². The Kier molecular flexibility index (Phi) is 9.40. The van der Waals surface area contributed by atoms with Crippen molar-refractivity contribution in [3.05, 3.63) is 18.1 Å². The third-order valence-corrected chi connectivity index (χ3v) is 4.51. The van der Waals surface area contributed by atoms with E-state index in [9.17, 15) is 9.90 Å². The first-order chi connectivity index (χ1) is 11.7. The molecular formula is C20H35NO4Si. The van der Waals surface area contributed by atoms with E-state index in [1.54, 1.807) is 18.7 Å². The minimum Gasteiger partial charge on any atom is -0.403 e. The molecule has 0 aromatic heterocycles. The maximum absolute atomic E-state index is 12.4. The van der Waals surface area contributed by atoms with Gasteiger partial charge in [0.15, 0.2) is 5.76 Å². The second-order valence-corrected chi connectivity index (χ2v) is 13.1. The Morgan fingerprint density at radius 1 is 1.19 bits per heavy atom. The van der Waals surface area contributed by atoms with Crippen LogP contribution in [0.1, 0.15) is 41.5 Å². The van der Waals surface area contributed by atoms with Gasteiger partial charge >= 0.3 is 6.09 Å². The normalized spacial score (nSPS) is 12.9. The molecule has 0 fully saturated rings. The first-order valence-corrected chi connectivity index (χ1v) is 12.4.